The Balaban J connectivity index is 1.97. The molecule has 3 N–H and O–H groups in total. The molecule has 2 amide bonds. The van der Waals surface area contributed by atoms with Crippen LogP contribution < -0.4 is 11.1 Å². The number of nitrogen functional groups attached to an aromatic ring is 1. The molecular formula is C15H20ClN3O2. The van der Waals surface area contributed by atoms with Crippen LogP contribution in [0.3, 0.4) is 0 Å². The Morgan fingerprint density at radius 2 is 1.95 bits per heavy atom. The van der Waals surface area contributed by atoms with Crippen LogP contribution in [0.15, 0.2) is 18.2 Å². The number of piperidine rings is 1. The zero-order chi connectivity index (χ0) is 15.4. The van der Waals surface area contributed by atoms with Gasteiger partial charge < -0.3 is 16.0 Å². The maximum absolute atomic E-state index is 12.3. The summed E-state index contributed by atoms with van der Waals surface area (Å²) in [5.41, 5.74) is 6.42. The van der Waals surface area contributed by atoms with Gasteiger partial charge in [0.2, 0.25) is 5.91 Å². The summed E-state index contributed by atoms with van der Waals surface area (Å²) in [6, 6.07) is 4.12. The standard InChI is InChI=1S/C15H20ClN3O2/c1-10(15(21)19-7-3-2-4-8-19)18-14(20)11-5-6-12(16)13(17)9-11/h5-6,9-10H,2-4,7-8,17H2,1H3,(H,18,20). The monoisotopic (exact) mass is 309 g/mol. The first-order chi connectivity index (χ1) is 9.99. The van der Waals surface area contributed by atoms with Gasteiger partial charge in [-0.15, -0.1) is 0 Å². The summed E-state index contributed by atoms with van der Waals surface area (Å²) in [7, 11) is 0. The van der Waals surface area contributed by atoms with Gasteiger partial charge in [-0.05, 0) is 44.4 Å². The minimum Gasteiger partial charge on any atom is -0.398 e. The van der Waals surface area contributed by atoms with Gasteiger partial charge in [0.05, 0.1) is 10.7 Å². The van der Waals surface area contributed by atoms with Crippen molar-refractivity contribution in [1.82, 2.24) is 10.2 Å². The molecule has 6 heteroatoms. The smallest absolute Gasteiger partial charge is 0.251 e. The SMILES string of the molecule is CC(NC(=O)c1ccc(Cl)c(N)c1)C(=O)N1CCCCC1. The van der Waals surface area contributed by atoms with Gasteiger partial charge in [0.15, 0.2) is 0 Å². The summed E-state index contributed by atoms with van der Waals surface area (Å²) >= 11 is 5.83. The molecule has 0 spiro atoms. The van der Waals surface area contributed by atoms with Gasteiger partial charge in [-0.3, -0.25) is 9.59 Å². The molecule has 1 aromatic rings. The van der Waals surface area contributed by atoms with Gasteiger partial charge in [-0.25, -0.2) is 0 Å². The third kappa shape index (κ3) is 3.88. The van der Waals surface area contributed by atoms with Crippen LogP contribution in [0, 0.1) is 0 Å². The molecule has 1 aromatic carbocycles. The zero-order valence-corrected chi connectivity index (χ0v) is 12.8. The summed E-state index contributed by atoms with van der Waals surface area (Å²) < 4.78 is 0. The van der Waals surface area contributed by atoms with Crippen molar-refractivity contribution in [2.45, 2.75) is 32.2 Å². The third-order valence-corrected chi connectivity index (χ3v) is 3.99. The molecule has 5 nitrogen and oxygen atoms in total. The van der Waals surface area contributed by atoms with Crippen molar-refractivity contribution >= 4 is 29.1 Å². The Labute approximate surface area is 129 Å². The van der Waals surface area contributed by atoms with E-state index >= 15 is 0 Å². The number of carbonyl (C=O) groups is 2. The fourth-order valence-corrected chi connectivity index (χ4v) is 2.53. The van der Waals surface area contributed by atoms with Crippen molar-refractivity contribution < 1.29 is 9.59 Å². The largest absolute Gasteiger partial charge is 0.398 e. The van der Waals surface area contributed by atoms with Crippen molar-refractivity contribution in [1.29, 1.82) is 0 Å². The van der Waals surface area contributed by atoms with Crippen LogP contribution in [-0.2, 0) is 4.79 Å². The molecule has 1 atom stereocenters. The van der Waals surface area contributed by atoms with Crippen LogP contribution in [0.1, 0.15) is 36.5 Å². The van der Waals surface area contributed by atoms with Crippen LogP contribution in [0.25, 0.3) is 0 Å². The van der Waals surface area contributed by atoms with E-state index in [2.05, 4.69) is 5.32 Å². The molecule has 114 valence electrons. The van der Waals surface area contributed by atoms with E-state index in [1.807, 2.05) is 4.90 Å². The molecule has 1 saturated heterocycles. The van der Waals surface area contributed by atoms with Crippen molar-refractivity contribution in [2.24, 2.45) is 0 Å². The van der Waals surface area contributed by atoms with E-state index in [-0.39, 0.29) is 11.8 Å². The number of hydrogen-bond acceptors (Lipinski definition) is 3. The van der Waals surface area contributed by atoms with E-state index in [1.165, 1.54) is 6.07 Å². The highest BCUT2D eigenvalue weighted by Crippen LogP contribution is 2.19. The van der Waals surface area contributed by atoms with Gasteiger partial charge in [-0.1, -0.05) is 11.6 Å². The Morgan fingerprint density at radius 3 is 2.57 bits per heavy atom. The lowest BCUT2D eigenvalue weighted by atomic mass is 10.1. The first kappa shape index (κ1) is 15.6. The van der Waals surface area contributed by atoms with Crippen LogP contribution in [0.5, 0.6) is 0 Å². The van der Waals surface area contributed by atoms with E-state index in [0.29, 0.717) is 16.3 Å². The number of carbonyl (C=O) groups excluding carboxylic acids is 2. The van der Waals surface area contributed by atoms with Crippen LogP contribution in [0.2, 0.25) is 5.02 Å². The highest BCUT2D eigenvalue weighted by Gasteiger charge is 2.23. The molecule has 1 fully saturated rings. The second-order valence-electron chi connectivity index (χ2n) is 5.32. The molecule has 2 rings (SSSR count). The molecule has 0 radical (unpaired) electrons. The number of nitrogens with zero attached hydrogens (tertiary/aromatic N) is 1. The summed E-state index contributed by atoms with van der Waals surface area (Å²) in [6.07, 6.45) is 3.22. The quantitative estimate of drug-likeness (QED) is 0.839. The molecule has 0 aliphatic carbocycles. The molecule has 21 heavy (non-hydrogen) atoms. The Hall–Kier alpha value is -1.75. The number of nitrogens with one attached hydrogen (secondary N) is 1. The summed E-state index contributed by atoms with van der Waals surface area (Å²) in [4.78, 5) is 26.2. The van der Waals surface area contributed by atoms with Crippen LogP contribution >= 0.6 is 11.6 Å². The van der Waals surface area contributed by atoms with Gasteiger partial charge >= 0.3 is 0 Å². The maximum atomic E-state index is 12.3. The number of rotatable bonds is 3. The number of hydrogen-bond donors (Lipinski definition) is 2. The summed E-state index contributed by atoms with van der Waals surface area (Å²) in [6.45, 7) is 3.24. The van der Waals surface area contributed by atoms with Gasteiger partial charge in [0.25, 0.3) is 5.91 Å². The van der Waals surface area contributed by atoms with Gasteiger partial charge in [-0.2, -0.15) is 0 Å². The van der Waals surface area contributed by atoms with Crippen LogP contribution in [0.4, 0.5) is 5.69 Å². The number of anilines is 1. The van der Waals surface area contributed by atoms with E-state index in [0.717, 1.165) is 32.4 Å². The number of amides is 2. The number of likely N-dealkylation sites (tertiary alicyclic amines) is 1. The van der Waals surface area contributed by atoms with Crippen molar-refractivity contribution in [2.75, 3.05) is 18.8 Å². The van der Waals surface area contributed by atoms with E-state index in [4.69, 9.17) is 17.3 Å². The molecular weight excluding hydrogens is 290 g/mol. The Kier molecular flexibility index (Phi) is 5.07. The Morgan fingerprint density at radius 1 is 1.29 bits per heavy atom. The molecule has 0 bridgehead atoms. The molecule has 1 aliphatic heterocycles. The predicted molar refractivity (Wildman–Crippen MR) is 83.2 cm³/mol. The maximum Gasteiger partial charge on any atom is 0.251 e. The summed E-state index contributed by atoms with van der Waals surface area (Å²) in [5.74, 6) is -0.360. The lowest BCUT2D eigenvalue weighted by Gasteiger charge is -2.29. The first-order valence-electron chi connectivity index (χ1n) is 7.13. The van der Waals surface area contributed by atoms with Crippen molar-refractivity contribution in [3.05, 3.63) is 28.8 Å². The number of halogens is 1. The highest BCUT2D eigenvalue weighted by atomic mass is 35.5. The fraction of sp³-hybridized carbons (Fsp3) is 0.467. The average Bonchev–Trinajstić information content (AvgIpc) is 2.50. The van der Waals surface area contributed by atoms with E-state index in [1.54, 1.807) is 19.1 Å². The first-order valence-corrected chi connectivity index (χ1v) is 7.51. The number of benzene rings is 1. The number of nitrogens with two attached hydrogens (primary N) is 1. The second kappa shape index (κ2) is 6.80. The third-order valence-electron chi connectivity index (χ3n) is 3.64. The van der Waals surface area contributed by atoms with E-state index < -0.39 is 6.04 Å². The topological polar surface area (TPSA) is 75.4 Å². The van der Waals surface area contributed by atoms with Crippen molar-refractivity contribution in [3.8, 4) is 0 Å². The summed E-state index contributed by atoms with van der Waals surface area (Å²) in [5, 5.41) is 3.12. The molecule has 0 aromatic heterocycles. The molecule has 1 heterocycles. The average molecular weight is 310 g/mol. The normalized spacial score (nSPS) is 16.4. The molecule has 0 saturated carbocycles. The second-order valence-corrected chi connectivity index (χ2v) is 5.72. The fourth-order valence-electron chi connectivity index (χ4n) is 2.41. The minimum atomic E-state index is -0.549. The zero-order valence-electron chi connectivity index (χ0n) is 12.1. The lowest BCUT2D eigenvalue weighted by Crippen LogP contribution is -2.48. The molecule has 1 aliphatic rings. The van der Waals surface area contributed by atoms with Gasteiger partial charge in [0, 0.05) is 18.7 Å². The molecule has 1 unspecified atom stereocenters. The Bertz CT molecular complexity index is 542. The van der Waals surface area contributed by atoms with E-state index in [9.17, 15) is 9.59 Å². The van der Waals surface area contributed by atoms with Crippen molar-refractivity contribution in [3.63, 3.8) is 0 Å². The minimum absolute atomic E-state index is 0.0371. The van der Waals surface area contributed by atoms with Gasteiger partial charge in [0.1, 0.15) is 6.04 Å². The van der Waals surface area contributed by atoms with Crippen LogP contribution in [-0.4, -0.2) is 35.8 Å². The highest BCUT2D eigenvalue weighted by molar-refractivity contribution is 6.33. The lowest BCUT2D eigenvalue weighted by molar-refractivity contribution is -0.133. The predicted octanol–water partition coefficient (Wildman–Crippen LogP) is 2.05.